The topological polar surface area (TPSA) is 32.8 Å². The average molecular weight is 615 g/mol. The third-order valence-corrected chi connectivity index (χ3v) is 10.6. The first-order chi connectivity index (χ1) is 21.3. The van der Waals surface area contributed by atoms with E-state index in [4.69, 9.17) is 4.74 Å². The molecular weight excluding hydrogens is 563 g/mol. The van der Waals surface area contributed by atoms with E-state index < -0.39 is 0 Å². The molecule has 0 aliphatic carbocycles. The van der Waals surface area contributed by atoms with E-state index in [1.54, 1.807) is 0 Å². The molecule has 2 aromatic rings. The molecule has 0 fully saturated rings. The van der Waals surface area contributed by atoms with Gasteiger partial charge in [-0.2, -0.15) is 0 Å². The Labute approximate surface area is 270 Å². The number of nitrogens with zero attached hydrogens (tertiary/aromatic N) is 3. The van der Waals surface area contributed by atoms with Crippen molar-refractivity contribution < 1.29 is 14.0 Å². The van der Waals surface area contributed by atoms with Gasteiger partial charge in [0.1, 0.15) is 0 Å². The molecule has 0 amide bonds. The Morgan fingerprint density at radius 2 is 1.55 bits per heavy atom. The second-order valence-corrected chi connectivity index (χ2v) is 13.3. The lowest BCUT2D eigenvalue weighted by atomic mass is 9.84. The molecule has 0 spiro atoms. The van der Waals surface area contributed by atoms with Gasteiger partial charge in [0, 0.05) is 41.2 Å². The quantitative estimate of drug-likeness (QED) is 0.114. The number of thioether (sulfide) groups is 1. The first-order valence-corrected chi connectivity index (χ1v) is 17.3. The van der Waals surface area contributed by atoms with E-state index >= 15 is 0 Å². The van der Waals surface area contributed by atoms with Crippen LogP contribution >= 0.6 is 11.8 Å². The molecule has 0 saturated carbocycles. The standard InChI is InChI=1S/C38H52N3O2S/c1-7-41(8-2,9-3)30-20-28-39-32-22-17-16-21-31(32)38(5,6)35(39)25-14-12-11-13-15-26-36-40(29-27-37(42)43-10-4)33-23-18-19-24-34(33)44-36/h11-19,21-26,36H,7-10,20,27-30H2,1-6H3/q+1. The highest BCUT2D eigenvalue weighted by atomic mass is 32.2. The Kier molecular flexibility index (Phi) is 12.0. The van der Waals surface area contributed by atoms with E-state index in [9.17, 15) is 4.79 Å². The van der Waals surface area contributed by atoms with Crippen LogP contribution in [0.2, 0.25) is 0 Å². The lowest BCUT2D eigenvalue weighted by molar-refractivity contribution is -0.923. The number of para-hydroxylation sites is 2. The SMILES string of the molecule is CCOC(=O)CCN1c2ccccc2SC1C=CC=CC=CC=C1N(CCC[N+](CC)(CC)CC)c2ccccc2C1(C)C. The fourth-order valence-electron chi connectivity index (χ4n) is 6.55. The fraction of sp³-hybridized carbons (Fsp3) is 0.447. The summed E-state index contributed by atoms with van der Waals surface area (Å²) in [6, 6.07) is 17.3. The molecule has 2 heterocycles. The summed E-state index contributed by atoms with van der Waals surface area (Å²) in [5.41, 5.74) is 5.25. The Hall–Kier alpha value is -3.22. The van der Waals surface area contributed by atoms with Crippen LogP contribution in [-0.2, 0) is 14.9 Å². The van der Waals surface area contributed by atoms with Gasteiger partial charge in [0.2, 0.25) is 0 Å². The largest absolute Gasteiger partial charge is 0.466 e. The molecule has 0 N–H and O–H groups in total. The summed E-state index contributed by atoms with van der Waals surface area (Å²) in [6.45, 7) is 20.4. The third kappa shape index (κ3) is 7.70. The van der Waals surface area contributed by atoms with Gasteiger partial charge in [-0.05, 0) is 57.5 Å². The maximum atomic E-state index is 12.0. The van der Waals surface area contributed by atoms with Gasteiger partial charge < -0.3 is 19.0 Å². The van der Waals surface area contributed by atoms with Crippen LogP contribution < -0.4 is 9.80 Å². The van der Waals surface area contributed by atoms with Crippen molar-refractivity contribution in [2.45, 2.75) is 70.1 Å². The molecule has 0 bridgehead atoms. The van der Waals surface area contributed by atoms with Crippen molar-refractivity contribution in [1.82, 2.24) is 0 Å². The highest BCUT2D eigenvalue weighted by molar-refractivity contribution is 8.00. The monoisotopic (exact) mass is 614 g/mol. The van der Waals surface area contributed by atoms with Gasteiger partial charge in [0.05, 0.1) is 50.3 Å². The lowest BCUT2D eigenvalue weighted by Crippen LogP contribution is -2.48. The molecule has 6 heteroatoms. The molecule has 44 heavy (non-hydrogen) atoms. The Morgan fingerprint density at radius 1 is 0.886 bits per heavy atom. The summed E-state index contributed by atoms with van der Waals surface area (Å²) < 4.78 is 6.35. The van der Waals surface area contributed by atoms with Crippen LogP contribution in [0.25, 0.3) is 0 Å². The normalized spacial score (nSPS) is 18.7. The van der Waals surface area contributed by atoms with Crippen molar-refractivity contribution in [3.63, 3.8) is 0 Å². The van der Waals surface area contributed by atoms with Crippen LogP contribution in [0.1, 0.15) is 59.9 Å². The number of allylic oxidation sites excluding steroid dienone is 7. The van der Waals surface area contributed by atoms with E-state index in [-0.39, 0.29) is 16.8 Å². The van der Waals surface area contributed by atoms with Crippen molar-refractivity contribution in [1.29, 1.82) is 0 Å². The van der Waals surface area contributed by atoms with Crippen molar-refractivity contribution in [2.24, 2.45) is 0 Å². The van der Waals surface area contributed by atoms with E-state index in [0.717, 1.165) is 6.54 Å². The van der Waals surface area contributed by atoms with Gasteiger partial charge in [-0.25, -0.2) is 0 Å². The number of rotatable bonds is 15. The Morgan fingerprint density at radius 3 is 2.27 bits per heavy atom. The number of carbonyl (C=O) groups is 1. The smallest absolute Gasteiger partial charge is 0.307 e. The summed E-state index contributed by atoms with van der Waals surface area (Å²) in [7, 11) is 0. The Balaban J connectivity index is 1.42. The predicted molar refractivity (Wildman–Crippen MR) is 188 cm³/mol. The van der Waals surface area contributed by atoms with Gasteiger partial charge in [0.15, 0.2) is 0 Å². The van der Waals surface area contributed by atoms with Crippen molar-refractivity contribution in [3.05, 3.63) is 102 Å². The van der Waals surface area contributed by atoms with Gasteiger partial charge >= 0.3 is 5.97 Å². The predicted octanol–water partition coefficient (Wildman–Crippen LogP) is 8.49. The van der Waals surface area contributed by atoms with E-state index in [1.165, 1.54) is 64.6 Å². The van der Waals surface area contributed by atoms with Crippen LogP contribution in [0.4, 0.5) is 11.4 Å². The third-order valence-electron chi connectivity index (χ3n) is 9.39. The molecule has 4 rings (SSSR count). The van der Waals surface area contributed by atoms with Crippen molar-refractivity contribution >= 4 is 29.1 Å². The molecule has 1 unspecified atom stereocenters. The molecule has 1 atom stereocenters. The minimum Gasteiger partial charge on any atom is -0.466 e. The first kappa shape index (κ1) is 33.7. The van der Waals surface area contributed by atoms with Crippen molar-refractivity contribution in [3.8, 4) is 0 Å². The maximum absolute atomic E-state index is 12.0. The second-order valence-electron chi connectivity index (χ2n) is 12.1. The summed E-state index contributed by atoms with van der Waals surface area (Å²) in [5, 5.41) is 0.148. The zero-order valence-corrected chi connectivity index (χ0v) is 28.5. The number of fused-ring (bicyclic) bond motifs is 2. The summed E-state index contributed by atoms with van der Waals surface area (Å²) in [6.07, 6.45) is 16.7. The van der Waals surface area contributed by atoms with E-state index in [1.807, 2.05) is 18.7 Å². The summed E-state index contributed by atoms with van der Waals surface area (Å²) in [4.78, 5) is 18.1. The number of hydrogen-bond donors (Lipinski definition) is 0. The number of carbonyl (C=O) groups excluding carboxylic acids is 1. The minimum atomic E-state index is -0.147. The number of benzene rings is 2. The fourth-order valence-corrected chi connectivity index (χ4v) is 7.79. The highest BCUT2D eigenvalue weighted by Gasteiger charge is 2.39. The maximum Gasteiger partial charge on any atom is 0.307 e. The van der Waals surface area contributed by atoms with Gasteiger partial charge in [0.25, 0.3) is 0 Å². The van der Waals surface area contributed by atoms with Crippen LogP contribution in [0.5, 0.6) is 0 Å². The molecule has 236 valence electrons. The van der Waals surface area contributed by atoms with Crippen LogP contribution in [0.15, 0.2) is 102 Å². The molecule has 2 aliphatic rings. The number of anilines is 2. The highest BCUT2D eigenvalue weighted by Crippen LogP contribution is 2.47. The van der Waals surface area contributed by atoms with Gasteiger partial charge in [-0.3, -0.25) is 4.79 Å². The molecule has 5 nitrogen and oxygen atoms in total. The minimum absolute atomic E-state index is 0.0432. The van der Waals surface area contributed by atoms with Crippen LogP contribution in [0, 0.1) is 0 Å². The average Bonchev–Trinajstić information content (AvgIpc) is 3.49. The first-order valence-electron chi connectivity index (χ1n) is 16.4. The number of quaternary nitrogens is 1. The number of hydrogen-bond acceptors (Lipinski definition) is 5. The van der Waals surface area contributed by atoms with Crippen LogP contribution in [0.3, 0.4) is 0 Å². The molecular formula is C38H52N3O2S+. The zero-order chi connectivity index (χ0) is 31.6. The van der Waals surface area contributed by atoms with Crippen LogP contribution in [-0.4, -0.2) is 61.7 Å². The van der Waals surface area contributed by atoms with E-state index in [2.05, 4.69) is 135 Å². The van der Waals surface area contributed by atoms with E-state index in [0.29, 0.717) is 19.6 Å². The second kappa shape index (κ2) is 15.7. The molecule has 0 saturated heterocycles. The van der Waals surface area contributed by atoms with Gasteiger partial charge in [-0.1, -0.05) is 92.4 Å². The molecule has 0 radical (unpaired) electrons. The molecule has 2 aliphatic heterocycles. The molecule has 0 aromatic heterocycles. The lowest BCUT2D eigenvalue weighted by Gasteiger charge is -2.36. The summed E-state index contributed by atoms with van der Waals surface area (Å²) >= 11 is 1.82. The summed E-state index contributed by atoms with van der Waals surface area (Å²) in [5.74, 6) is -0.147. The molecule has 2 aromatic carbocycles. The van der Waals surface area contributed by atoms with Gasteiger partial charge in [-0.15, -0.1) is 0 Å². The zero-order valence-electron chi connectivity index (χ0n) is 27.7. The number of ether oxygens (including phenoxy) is 1. The Bertz CT molecular complexity index is 1360. The van der Waals surface area contributed by atoms with Crippen molar-refractivity contribution in [2.75, 3.05) is 55.7 Å². The number of esters is 1.